The maximum Gasteiger partial charge on any atom is 0.188 e. The molecule has 2 rings (SSSR count). The fourth-order valence-electron chi connectivity index (χ4n) is 2.54. The van der Waals surface area contributed by atoms with E-state index in [1.165, 1.54) is 25.7 Å². The third-order valence-electron chi connectivity index (χ3n) is 3.80. The summed E-state index contributed by atoms with van der Waals surface area (Å²) in [5, 5.41) is 7.74. The molecule has 0 aromatic carbocycles. The van der Waals surface area contributed by atoms with E-state index in [0.29, 0.717) is 24.5 Å². The molecule has 0 aliphatic heterocycles. The lowest BCUT2D eigenvalue weighted by molar-refractivity contribution is 0.463. The summed E-state index contributed by atoms with van der Waals surface area (Å²) in [5.74, 6) is 1.19. The molecule has 5 nitrogen and oxygen atoms in total. The van der Waals surface area contributed by atoms with Crippen LogP contribution in [0.1, 0.15) is 57.7 Å². The lowest BCUT2D eigenvalue weighted by Gasteiger charge is -2.08. The van der Waals surface area contributed by atoms with Gasteiger partial charge >= 0.3 is 0 Å². The van der Waals surface area contributed by atoms with Crippen LogP contribution in [0, 0.1) is 5.92 Å². The van der Waals surface area contributed by atoms with Crippen LogP contribution in [0.5, 0.6) is 0 Å². The first-order valence-electron chi connectivity index (χ1n) is 7.73. The normalized spacial score (nSPS) is 16.2. The number of aromatic nitrogens is 2. The number of nitrogens with two attached hydrogens (primary N) is 1. The second-order valence-electron chi connectivity index (χ2n) is 6.04. The maximum atomic E-state index is 5.84. The standard InChI is InChI=1S/C15H27N5.HI/c1-12(2)7-9-17-15(16)18-11-13-8-10-20(19-13)14-5-3-4-6-14;/h8,10,12,14H,3-7,9,11H2,1-2H3,(H3,16,17,18);1H. The molecule has 0 spiro atoms. The van der Waals surface area contributed by atoms with E-state index < -0.39 is 0 Å². The zero-order chi connectivity index (χ0) is 14.4. The van der Waals surface area contributed by atoms with Gasteiger partial charge in [-0.2, -0.15) is 5.10 Å². The van der Waals surface area contributed by atoms with Crippen LogP contribution in [-0.4, -0.2) is 22.3 Å². The number of guanidine groups is 1. The average molecular weight is 405 g/mol. The van der Waals surface area contributed by atoms with E-state index in [1.54, 1.807) is 0 Å². The second-order valence-corrected chi connectivity index (χ2v) is 6.04. The Morgan fingerprint density at radius 2 is 2.19 bits per heavy atom. The van der Waals surface area contributed by atoms with Gasteiger partial charge in [-0.25, -0.2) is 4.99 Å². The number of hydrogen-bond donors (Lipinski definition) is 2. The van der Waals surface area contributed by atoms with Gasteiger partial charge in [0.2, 0.25) is 0 Å². The molecule has 21 heavy (non-hydrogen) atoms. The highest BCUT2D eigenvalue weighted by Crippen LogP contribution is 2.28. The predicted octanol–water partition coefficient (Wildman–Crippen LogP) is 3.07. The molecule has 1 saturated carbocycles. The summed E-state index contributed by atoms with van der Waals surface area (Å²) in [6, 6.07) is 2.64. The van der Waals surface area contributed by atoms with Crippen molar-refractivity contribution in [3.63, 3.8) is 0 Å². The van der Waals surface area contributed by atoms with Crippen molar-refractivity contribution in [1.82, 2.24) is 15.1 Å². The SMILES string of the molecule is CC(C)CCNC(N)=NCc1ccn(C2CCCC2)n1.I. The fourth-order valence-corrected chi connectivity index (χ4v) is 2.54. The molecule has 1 aliphatic carbocycles. The van der Waals surface area contributed by atoms with E-state index in [1.807, 2.05) is 6.07 Å². The molecule has 0 amide bonds. The van der Waals surface area contributed by atoms with Crippen molar-refractivity contribution in [3.8, 4) is 0 Å². The van der Waals surface area contributed by atoms with Crippen molar-refractivity contribution in [3.05, 3.63) is 18.0 Å². The van der Waals surface area contributed by atoms with Crippen LogP contribution < -0.4 is 11.1 Å². The first-order valence-corrected chi connectivity index (χ1v) is 7.73. The second kappa shape index (κ2) is 9.27. The Hall–Kier alpha value is -0.790. The Labute approximate surface area is 144 Å². The third-order valence-corrected chi connectivity index (χ3v) is 3.80. The topological polar surface area (TPSA) is 68.2 Å². The Morgan fingerprint density at radius 1 is 1.48 bits per heavy atom. The monoisotopic (exact) mass is 405 g/mol. The van der Waals surface area contributed by atoms with Crippen LogP contribution in [0.15, 0.2) is 17.3 Å². The predicted molar refractivity (Wildman–Crippen MR) is 97.9 cm³/mol. The summed E-state index contributed by atoms with van der Waals surface area (Å²) >= 11 is 0. The lowest BCUT2D eigenvalue weighted by Crippen LogP contribution is -2.32. The van der Waals surface area contributed by atoms with Crippen molar-refractivity contribution in [2.45, 2.75) is 58.5 Å². The first-order chi connectivity index (χ1) is 9.65. The number of nitrogens with zero attached hydrogens (tertiary/aromatic N) is 3. The lowest BCUT2D eigenvalue weighted by atomic mass is 10.1. The van der Waals surface area contributed by atoms with Crippen molar-refractivity contribution in [2.75, 3.05) is 6.54 Å². The van der Waals surface area contributed by atoms with Crippen LogP contribution >= 0.6 is 24.0 Å². The summed E-state index contributed by atoms with van der Waals surface area (Å²) in [7, 11) is 0. The molecule has 0 atom stereocenters. The molecule has 1 aliphatic rings. The Kier molecular flexibility index (Phi) is 8.06. The zero-order valence-electron chi connectivity index (χ0n) is 13.1. The molecule has 1 aromatic rings. The number of nitrogens with one attached hydrogen (secondary N) is 1. The highest BCUT2D eigenvalue weighted by molar-refractivity contribution is 14.0. The third kappa shape index (κ3) is 6.23. The number of aliphatic imine (C=N–C) groups is 1. The summed E-state index contributed by atoms with van der Waals surface area (Å²) in [5.41, 5.74) is 6.83. The molecule has 0 unspecified atom stereocenters. The van der Waals surface area contributed by atoms with E-state index in [9.17, 15) is 0 Å². The van der Waals surface area contributed by atoms with Crippen LogP contribution in [0.2, 0.25) is 0 Å². The van der Waals surface area contributed by atoms with Gasteiger partial charge in [0.25, 0.3) is 0 Å². The van der Waals surface area contributed by atoms with Gasteiger partial charge in [-0.3, -0.25) is 4.68 Å². The van der Waals surface area contributed by atoms with Crippen LogP contribution in [0.4, 0.5) is 0 Å². The van der Waals surface area contributed by atoms with Crippen LogP contribution in [-0.2, 0) is 6.54 Å². The molecule has 120 valence electrons. The van der Waals surface area contributed by atoms with Crippen molar-refractivity contribution in [2.24, 2.45) is 16.6 Å². The maximum absolute atomic E-state index is 5.84. The Bertz CT molecular complexity index is 435. The van der Waals surface area contributed by atoms with E-state index >= 15 is 0 Å². The van der Waals surface area contributed by atoms with Crippen LogP contribution in [0.3, 0.4) is 0 Å². The van der Waals surface area contributed by atoms with Gasteiger partial charge in [0.05, 0.1) is 18.3 Å². The van der Waals surface area contributed by atoms with E-state index in [2.05, 4.69) is 40.1 Å². The molecule has 6 heteroatoms. The van der Waals surface area contributed by atoms with Gasteiger partial charge in [-0.15, -0.1) is 24.0 Å². The first kappa shape index (κ1) is 18.3. The van der Waals surface area contributed by atoms with Gasteiger partial charge < -0.3 is 11.1 Å². The van der Waals surface area contributed by atoms with Crippen molar-refractivity contribution >= 4 is 29.9 Å². The van der Waals surface area contributed by atoms with Gasteiger partial charge in [-0.1, -0.05) is 26.7 Å². The molecular weight excluding hydrogens is 377 g/mol. The van der Waals surface area contributed by atoms with E-state index in [-0.39, 0.29) is 24.0 Å². The quantitative estimate of drug-likeness (QED) is 0.434. The zero-order valence-corrected chi connectivity index (χ0v) is 15.4. The summed E-state index contributed by atoms with van der Waals surface area (Å²) in [6.45, 7) is 5.83. The van der Waals surface area contributed by atoms with E-state index in [4.69, 9.17) is 5.73 Å². The molecule has 1 heterocycles. The van der Waals surface area contributed by atoms with Gasteiger partial charge in [0.1, 0.15) is 0 Å². The van der Waals surface area contributed by atoms with Crippen LogP contribution in [0.25, 0.3) is 0 Å². The van der Waals surface area contributed by atoms with E-state index in [0.717, 1.165) is 18.7 Å². The summed E-state index contributed by atoms with van der Waals surface area (Å²) < 4.78 is 2.10. The molecule has 0 bridgehead atoms. The number of rotatable bonds is 6. The number of hydrogen-bond acceptors (Lipinski definition) is 2. The summed E-state index contributed by atoms with van der Waals surface area (Å²) in [6.07, 6.45) is 8.33. The van der Waals surface area contributed by atoms with Crippen molar-refractivity contribution in [1.29, 1.82) is 0 Å². The Morgan fingerprint density at radius 3 is 2.86 bits per heavy atom. The van der Waals surface area contributed by atoms with Gasteiger partial charge in [0, 0.05) is 12.7 Å². The van der Waals surface area contributed by atoms with Crippen molar-refractivity contribution < 1.29 is 0 Å². The number of halogens is 1. The minimum absolute atomic E-state index is 0. The Balaban J connectivity index is 0.00000220. The summed E-state index contributed by atoms with van der Waals surface area (Å²) in [4.78, 5) is 4.34. The minimum Gasteiger partial charge on any atom is -0.370 e. The average Bonchev–Trinajstić information content (AvgIpc) is 3.06. The molecule has 1 fully saturated rings. The largest absolute Gasteiger partial charge is 0.370 e. The van der Waals surface area contributed by atoms with Gasteiger partial charge in [0.15, 0.2) is 5.96 Å². The molecule has 1 aromatic heterocycles. The molecule has 0 saturated heterocycles. The molecule has 0 radical (unpaired) electrons. The fraction of sp³-hybridized carbons (Fsp3) is 0.733. The smallest absolute Gasteiger partial charge is 0.188 e. The van der Waals surface area contributed by atoms with Gasteiger partial charge in [-0.05, 0) is 31.2 Å². The minimum atomic E-state index is 0. The highest BCUT2D eigenvalue weighted by Gasteiger charge is 2.17. The highest BCUT2D eigenvalue weighted by atomic mass is 127. The molecular formula is C15H28IN5. The molecule has 3 N–H and O–H groups in total.